The Morgan fingerprint density at radius 2 is 2.00 bits per heavy atom. The first-order valence-electron chi connectivity index (χ1n) is 8.44. The number of pyridine rings is 1. The van der Waals surface area contributed by atoms with E-state index in [4.69, 9.17) is 25.7 Å². The Kier molecular flexibility index (Phi) is 4.88. The van der Waals surface area contributed by atoms with Gasteiger partial charge in [-0.25, -0.2) is 4.98 Å². The van der Waals surface area contributed by atoms with Crippen molar-refractivity contribution >= 4 is 28.3 Å². The largest absolute Gasteiger partial charge is 0.468 e. The third kappa shape index (κ3) is 3.79. The highest BCUT2D eigenvalue weighted by Crippen LogP contribution is 2.26. The average molecular weight is 358 g/mol. The zero-order valence-corrected chi connectivity index (χ0v) is 14.6. The second-order valence-electron chi connectivity index (χ2n) is 6.09. The van der Waals surface area contributed by atoms with Gasteiger partial charge in [-0.3, -0.25) is 0 Å². The lowest BCUT2D eigenvalue weighted by Gasteiger charge is -2.30. The summed E-state index contributed by atoms with van der Waals surface area (Å²) in [7, 11) is 0. The van der Waals surface area contributed by atoms with E-state index in [1.807, 2.05) is 30.3 Å². The van der Waals surface area contributed by atoms with Crippen LogP contribution in [0.25, 0.3) is 10.9 Å². The fourth-order valence-electron chi connectivity index (χ4n) is 3.09. The molecule has 0 bridgehead atoms. The van der Waals surface area contributed by atoms with Crippen molar-refractivity contribution in [1.82, 2.24) is 10.3 Å². The normalized spacial score (nSPS) is 15.0. The first-order chi connectivity index (χ1) is 12.3. The zero-order chi connectivity index (χ0) is 17.1. The number of anilines is 1. The lowest BCUT2D eigenvalue weighted by molar-refractivity contribution is 0.122. The number of ether oxygens (including phenoxy) is 1. The van der Waals surface area contributed by atoms with Crippen LogP contribution in [0.15, 0.2) is 47.1 Å². The predicted octanol–water partition coefficient (Wildman–Crippen LogP) is 3.61. The Bertz CT molecular complexity index is 845. The maximum Gasteiger partial charge on any atom is 0.133 e. The molecule has 5 nitrogen and oxygen atoms in total. The molecule has 6 heteroatoms. The molecule has 3 aromatic rings. The van der Waals surface area contributed by atoms with Crippen molar-refractivity contribution in [1.29, 1.82) is 0 Å². The van der Waals surface area contributed by atoms with Crippen LogP contribution in [0.1, 0.15) is 11.3 Å². The van der Waals surface area contributed by atoms with Gasteiger partial charge in [0.05, 0.1) is 31.5 Å². The molecule has 1 aliphatic rings. The van der Waals surface area contributed by atoms with Crippen molar-refractivity contribution in [2.75, 3.05) is 31.2 Å². The van der Waals surface area contributed by atoms with Crippen molar-refractivity contribution in [3.05, 3.63) is 59.0 Å². The van der Waals surface area contributed by atoms with Gasteiger partial charge in [0.2, 0.25) is 0 Å². The Hall–Kier alpha value is -2.08. The number of morpholine rings is 1. The third-order valence-corrected chi connectivity index (χ3v) is 4.58. The minimum Gasteiger partial charge on any atom is -0.468 e. The summed E-state index contributed by atoms with van der Waals surface area (Å²) in [5.41, 5.74) is 2.09. The van der Waals surface area contributed by atoms with E-state index in [1.54, 1.807) is 6.26 Å². The van der Waals surface area contributed by atoms with Crippen LogP contribution in [-0.2, 0) is 17.8 Å². The number of halogens is 1. The van der Waals surface area contributed by atoms with Crippen LogP contribution in [0, 0.1) is 0 Å². The summed E-state index contributed by atoms with van der Waals surface area (Å²) in [6.45, 7) is 4.57. The molecule has 130 valence electrons. The summed E-state index contributed by atoms with van der Waals surface area (Å²) in [5.74, 6) is 1.93. The number of hydrogen-bond acceptors (Lipinski definition) is 5. The minimum atomic E-state index is 0.689. The van der Waals surface area contributed by atoms with Gasteiger partial charge in [-0.15, -0.1) is 0 Å². The lowest BCUT2D eigenvalue weighted by atomic mass is 10.1. The van der Waals surface area contributed by atoms with Gasteiger partial charge in [0.15, 0.2) is 0 Å². The van der Waals surface area contributed by atoms with Crippen molar-refractivity contribution in [3.8, 4) is 0 Å². The number of nitrogens with zero attached hydrogens (tertiary/aromatic N) is 2. The smallest absolute Gasteiger partial charge is 0.133 e. The first kappa shape index (κ1) is 16.4. The number of nitrogens with one attached hydrogen (secondary N) is 1. The van der Waals surface area contributed by atoms with E-state index in [-0.39, 0.29) is 0 Å². The van der Waals surface area contributed by atoms with Gasteiger partial charge in [0.1, 0.15) is 11.6 Å². The fraction of sp³-hybridized carbons (Fsp3) is 0.316. The maximum absolute atomic E-state index is 6.14. The van der Waals surface area contributed by atoms with Gasteiger partial charge >= 0.3 is 0 Å². The molecule has 0 unspecified atom stereocenters. The molecule has 4 rings (SSSR count). The quantitative estimate of drug-likeness (QED) is 0.756. The van der Waals surface area contributed by atoms with Crippen molar-refractivity contribution < 1.29 is 9.15 Å². The summed E-state index contributed by atoms with van der Waals surface area (Å²) >= 11 is 6.14. The van der Waals surface area contributed by atoms with Crippen molar-refractivity contribution in [3.63, 3.8) is 0 Å². The summed E-state index contributed by atoms with van der Waals surface area (Å²) in [6.07, 6.45) is 1.69. The summed E-state index contributed by atoms with van der Waals surface area (Å²) in [5, 5.41) is 5.24. The zero-order valence-electron chi connectivity index (χ0n) is 13.9. The van der Waals surface area contributed by atoms with E-state index >= 15 is 0 Å². The first-order valence-corrected chi connectivity index (χ1v) is 8.82. The van der Waals surface area contributed by atoms with Crippen LogP contribution < -0.4 is 10.2 Å². The molecule has 25 heavy (non-hydrogen) atoms. The van der Waals surface area contributed by atoms with Crippen LogP contribution in [-0.4, -0.2) is 31.3 Å². The van der Waals surface area contributed by atoms with Gasteiger partial charge in [-0.05, 0) is 30.3 Å². The van der Waals surface area contributed by atoms with Gasteiger partial charge in [-0.2, -0.15) is 0 Å². The Morgan fingerprint density at radius 1 is 1.12 bits per heavy atom. The maximum atomic E-state index is 6.14. The minimum absolute atomic E-state index is 0.689. The highest BCUT2D eigenvalue weighted by molar-refractivity contribution is 6.31. The molecule has 0 amide bonds. The Labute approximate surface area is 151 Å². The van der Waals surface area contributed by atoms with Crippen LogP contribution >= 0.6 is 11.6 Å². The number of rotatable bonds is 5. The van der Waals surface area contributed by atoms with E-state index in [1.165, 1.54) is 5.56 Å². The highest BCUT2D eigenvalue weighted by Gasteiger charge is 2.17. The summed E-state index contributed by atoms with van der Waals surface area (Å²) in [4.78, 5) is 7.18. The molecule has 3 heterocycles. The lowest BCUT2D eigenvalue weighted by Crippen LogP contribution is -2.37. The Balaban J connectivity index is 1.62. The number of furan rings is 1. The molecule has 0 spiro atoms. The highest BCUT2D eigenvalue weighted by atomic mass is 35.5. The predicted molar refractivity (Wildman–Crippen MR) is 99.0 cm³/mol. The van der Waals surface area contributed by atoms with Crippen LogP contribution in [0.5, 0.6) is 0 Å². The van der Waals surface area contributed by atoms with Gasteiger partial charge < -0.3 is 19.4 Å². The summed E-state index contributed by atoms with van der Waals surface area (Å²) < 4.78 is 10.9. The van der Waals surface area contributed by atoms with Crippen molar-refractivity contribution in [2.24, 2.45) is 0 Å². The Morgan fingerprint density at radius 3 is 2.80 bits per heavy atom. The SMILES string of the molecule is Clc1ccc2cc(CNCc3ccco3)c(N3CCOCC3)nc2c1. The molecule has 1 fully saturated rings. The second-order valence-corrected chi connectivity index (χ2v) is 6.53. The van der Waals surface area contributed by atoms with Crippen molar-refractivity contribution in [2.45, 2.75) is 13.1 Å². The average Bonchev–Trinajstić information content (AvgIpc) is 3.15. The van der Waals surface area contributed by atoms with E-state index in [2.05, 4.69) is 16.3 Å². The van der Waals surface area contributed by atoms with E-state index in [0.29, 0.717) is 11.6 Å². The van der Waals surface area contributed by atoms with E-state index in [9.17, 15) is 0 Å². The molecule has 1 saturated heterocycles. The van der Waals surface area contributed by atoms with Crippen LogP contribution in [0.3, 0.4) is 0 Å². The number of benzene rings is 1. The molecule has 1 aliphatic heterocycles. The molecule has 1 N–H and O–H groups in total. The second kappa shape index (κ2) is 7.44. The fourth-order valence-corrected chi connectivity index (χ4v) is 3.25. The number of aromatic nitrogens is 1. The third-order valence-electron chi connectivity index (χ3n) is 4.34. The molecular weight excluding hydrogens is 338 g/mol. The molecular formula is C19H20ClN3O2. The van der Waals surface area contributed by atoms with Gasteiger partial charge in [-0.1, -0.05) is 17.7 Å². The number of fused-ring (bicyclic) bond motifs is 1. The topological polar surface area (TPSA) is 50.5 Å². The number of hydrogen-bond donors (Lipinski definition) is 1. The monoisotopic (exact) mass is 357 g/mol. The molecule has 0 saturated carbocycles. The molecule has 2 aromatic heterocycles. The van der Waals surface area contributed by atoms with Crippen LogP contribution in [0.4, 0.5) is 5.82 Å². The van der Waals surface area contributed by atoms with E-state index in [0.717, 1.165) is 55.3 Å². The van der Waals surface area contributed by atoms with Gasteiger partial charge in [0.25, 0.3) is 0 Å². The molecule has 0 atom stereocenters. The van der Waals surface area contributed by atoms with Crippen LogP contribution in [0.2, 0.25) is 5.02 Å². The molecule has 0 radical (unpaired) electrons. The standard InChI is InChI=1S/C19H20ClN3O2/c20-16-4-3-14-10-15(12-21-13-17-2-1-7-25-17)19(22-18(14)11-16)23-5-8-24-9-6-23/h1-4,7,10-11,21H,5-6,8-9,12-13H2. The summed E-state index contributed by atoms with van der Waals surface area (Å²) in [6, 6.07) is 11.9. The van der Waals surface area contributed by atoms with Gasteiger partial charge in [0, 0.05) is 35.6 Å². The molecule has 0 aliphatic carbocycles. The van der Waals surface area contributed by atoms with E-state index < -0.39 is 0 Å². The molecule has 1 aromatic carbocycles.